The summed E-state index contributed by atoms with van der Waals surface area (Å²) in [6.07, 6.45) is 1.98. The van der Waals surface area contributed by atoms with E-state index in [0.717, 1.165) is 30.6 Å². The van der Waals surface area contributed by atoms with Crippen LogP contribution in [0.4, 0.5) is 11.5 Å². The summed E-state index contributed by atoms with van der Waals surface area (Å²) in [6.45, 7) is 4.56. The predicted octanol–water partition coefficient (Wildman–Crippen LogP) is 4.39. The van der Waals surface area contributed by atoms with E-state index >= 15 is 0 Å². The van der Waals surface area contributed by atoms with Gasteiger partial charge < -0.3 is 10.6 Å². The molecule has 0 aliphatic rings. The van der Waals surface area contributed by atoms with Crippen molar-refractivity contribution in [2.24, 2.45) is 0 Å². The lowest BCUT2D eigenvalue weighted by atomic mass is 10.1. The van der Waals surface area contributed by atoms with Crippen LogP contribution in [-0.4, -0.2) is 22.4 Å². The van der Waals surface area contributed by atoms with Gasteiger partial charge in [-0.25, -0.2) is 9.97 Å². The number of aromatic nitrogens is 2. The highest BCUT2D eigenvalue weighted by Gasteiger charge is 2.11. The number of rotatable bonds is 7. The van der Waals surface area contributed by atoms with E-state index < -0.39 is 0 Å². The molecule has 0 radical (unpaired) electrons. The van der Waals surface area contributed by atoms with E-state index in [1.807, 2.05) is 37.3 Å². The van der Waals surface area contributed by atoms with Crippen molar-refractivity contribution in [3.05, 3.63) is 83.3 Å². The Morgan fingerprint density at radius 1 is 0.963 bits per heavy atom. The highest BCUT2D eigenvalue weighted by atomic mass is 16.1. The molecule has 138 valence electrons. The van der Waals surface area contributed by atoms with E-state index in [-0.39, 0.29) is 5.91 Å². The summed E-state index contributed by atoms with van der Waals surface area (Å²) < 4.78 is 0. The zero-order valence-electron chi connectivity index (χ0n) is 15.7. The normalized spacial score (nSPS) is 10.4. The smallest absolute Gasteiger partial charge is 0.274 e. The molecule has 1 heterocycles. The van der Waals surface area contributed by atoms with Crippen LogP contribution in [0.15, 0.2) is 60.7 Å². The van der Waals surface area contributed by atoms with Gasteiger partial charge in [-0.05, 0) is 49.9 Å². The number of hydrogen-bond donors (Lipinski definition) is 2. The second-order valence-corrected chi connectivity index (χ2v) is 6.53. The third-order valence-corrected chi connectivity index (χ3v) is 4.14. The van der Waals surface area contributed by atoms with Crippen molar-refractivity contribution in [1.29, 1.82) is 0 Å². The van der Waals surface area contributed by atoms with Gasteiger partial charge in [0.05, 0.1) is 0 Å². The molecule has 0 saturated heterocycles. The highest BCUT2D eigenvalue weighted by molar-refractivity contribution is 6.03. The van der Waals surface area contributed by atoms with Gasteiger partial charge in [-0.2, -0.15) is 0 Å². The standard InChI is InChI=1S/C22H24N4O/c1-16-8-6-12-19(14-16)26-22(27)20-15-21(25-17(2)24-20)23-13-7-11-18-9-4-3-5-10-18/h3-6,8-10,12,14-15H,7,11,13H2,1-2H3,(H,26,27)(H,23,24,25). The molecule has 0 bridgehead atoms. The molecule has 1 aromatic heterocycles. The fourth-order valence-electron chi connectivity index (χ4n) is 2.85. The second-order valence-electron chi connectivity index (χ2n) is 6.53. The molecule has 5 nitrogen and oxygen atoms in total. The number of nitrogens with one attached hydrogen (secondary N) is 2. The van der Waals surface area contributed by atoms with E-state index in [0.29, 0.717) is 17.3 Å². The van der Waals surface area contributed by atoms with E-state index in [1.165, 1.54) is 5.56 Å². The highest BCUT2D eigenvalue weighted by Crippen LogP contribution is 2.13. The SMILES string of the molecule is Cc1cccc(NC(=O)c2cc(NCCCc3ccccc3)nc(C)n2)c1. The van der Waals surface area contributed by atoms with Crippen LogP contribution in [0, 0.1) is 13.8 Å². The molecule has 0 aliphatic carbocycles. The summed E-state index contributed by atoms with van der Waals surface area (Å²) in [5, 5.41) is 6.18. The third kappa shape index (κ3) is 5.64. The second kappa shape index (κ2) is 8.94. The Kier molecular flexibility index (Phi) is 6.15. The average Bonchev–Trinajstić information content (AvgIpc) is 2.66. The monoisotopic (exact) mass is 360 g/mol. The Hall–Kier alpha value is -3.21. The molecule has 0 spiro atoms. The molecule has 1 amide bonds. The lowest BCUT2D eigenvalue weighted by Gasteiger charge is -2.09. The largest absolute Gasteiger partial charge is 0.370 e. The molecule has 3 rings (SSSR count). The molecular formula is C22H24N4O. The average molecular weight is 360 g/mol. The quantitative estimate of drug-likeness (QED) is 0.613. The molecule has 5 heteroatoms. The Morgan fingerprint density at radius 2 is 1.78 bits per heavy atom. The number of benzene rings is 2. The van der Waals surface area contributed by atoms with Crippen LogP contribution in [-0.2, 0) is 6.42 Å². The zero-order chi connectivity index (χ0) is 19.1. The van der Waals surface area contributed by atoms with Crippen molar-refractivity contribution in [2.75, 3.05) is 17.2 Å². The summed E-state index contributed by atoms with van der Waals surface area (Å²) in [4.78, 5) is 21.2. The van der Waals surface area contributed by atoms with E-state index in [4.69, 9.17) is 0 Å². The molecular weight excluding hydrogens is 336 g/mol. The van der Waals surface area contributed by atoms with Gasteiger partial charge in [-0.15, -0.1) is 0 Å². The lowest BCUT2D eigenvalue weighted by molar-refractivity contribution is 0.102. The minimum absolute atomic E-state index is 0.238. The van der Waals surface area contributed by atoms with Gasteiger partial charge >= 0.3 is 0 Å². The summed E-state index contributed by atoms with van der Waals surface area (Å²) in [5.74, 6) is 1.00. The number of carbonyl (C=O) groups is 1. The Balaban J connectivity index is 1.59. The van der Waals surface area contributed by atoms with Gasteiger partial charge in [-0.1, -0.05) is 42.5 Å². The van der Waals surface area contributed by atoms with Crippen LogP contribution < -0.4 is 10.6 Å². The van der Waals surface area contributed by atoms with E-state index in [1.54, 1.807) is 13.0 Å². The van der Waals surface area contributed by atoms with Gasteiger partial charge in [0.15, 0.2) is 0 Å². The molecule has 2 aromatic carbocycles. The number of aryl methyl sites for hydroxylation is 3. The maximum atomic E-state index is 12.5. The number of amides is 1. The summed E-state index contributed by atoms with van der Waals surface area (Å²) in [6, 6.07) is 19.8. The Bertz CT molecular complexity index is 909. The molecule has 0 aliphatic heterocycles. The zero-order valence-corrected chi connectivity index (χ0v) is 15.7. The fourth-order valence-corrected chi connectivity index (χ4v) is 2.85. The van der Waals surface area contributed by atoms with Crippen molar-refractivity contribution < 1.29 is 4.79 Å². The van der Waals surface area contributed by atoms with Crippen LogP contribution in [0.5, 0.6) is 0 Å². The van der Waals surface area contributed by atoms with Crippen LogP contribution in [0.2, 0.25) is 0 Å². The first-order valence-electron chi connectivity index (χ1n) is 9.12. The maximum Gasteiger partial charge on any atom is 0.274 e. The molecule has 3 aromatic rings. The van der Waals surface area contributed by atoms with Crippen LogP contribution in [0.1, 0.15) is 33.9 Å². The number of carbonyl (C=O) groups excluding carboxylic acids is 1. The van der Waals surface area contributed by atoms with Crippen molar-refractivity contribution in [1.82, 2.24) is 9.97 Å². The summed E-state index contributed by atoms with van der Waals surface area (Å²) in [5.41, 5.74) is 3.52. The topological polar surface area (TPSA) is 66.9 Å². The third-order valence-electron chi connectivity index (χ3n) is 4.14. The maximum absolute atomic E-state index is 12.5. The first-order chi connectivity index (χ1) is 13.1. The predicted molar refractivity (Wildman–Crippen MR) is 109 cm³/mol. The van der Waals surface area contributed by atoms with E-state index in [2.05, 4.69) is 44.9 Å². The van der Waals surface area contributed by atoms with Crippen LogP contribution in [0.25, 0.3) is 0 Å². The van der Waals surface area contributed by atoms with Crippen molar-refractivity contribution in [2.45, 2.75) is 26.7 Å². The molecule has 0 unspecified atom stereocenters. The van der Waals surface area contributed by atoms with Gasteiger partial charge in [0, 0.05) is 18.3 Å². The van der Waals surface area contributed by atoms with Crippen molar-refractivity contribution in [3.8, 4) is 0 Å². The molecule has 27 heavy (non-hydrogen) atoms. The Morgan fingerprint density at radius 3 is 2.56 bits per heavy atom. The number of anilines is 2. The summed E-state index contributed by atoms with van der Waals surface area (Å²) >= 11 is 0. The van der Waals surface area contributed by atoms with Gasteiger partial charge in [0.25, 0.3) is 5.91 Å². The molecule has 0 atom stereocenters. The van der Waals surface area contributed by atoms with Gasteiger partial charge in [0.2, 0.25) is 0 Å². The van der Waals surface area contributed by atoms with E-state index in [9.17, 15) is 4.79 Å². The molecule has 2 N–H and O–H groups in total. The Labute approximate surface area is 159 Å². The minimum atomic E-state index is -0.238. The number of hydrogen-bond acceptors (Lipinski definition) is 4. The van der Waals surface area contributed by atoms with Crippen molar-refractivity contribution >= 4 is 17.4 Å². The minimum Gasteiger partial charge on any atom is -0.370 e. The van der Waals surface area contributed by atoms with Crippen LogP contribution >= 0.6 is 0 Å². The molecule has 0 fully saturated rings. The van der Waals surface area contributed by atoms with Crippen molar-refractivity contribution in [3.63, 3.8) is 0 Å². The van der Waals surface area contributed by atoms with Crippen LogP contribution in [0.3, 0.4) is 0 Å². The fraction of sp³-hybridized carbons (Fsp3) is 0.227. The number of nitrogens with zero attached hydrogens (tertiary/aromatic N) is 2. The summed E-state index contributed by atoms with van der Waals surface area (Å²) in [7, 11) is 0. The van der Waals surface area contributed by atoms with Gasteiger partial charge in [-0.3, -0.25) is 4.79 Å². The molecule has 0 saturated carbocycles. The lowest BCUT2D eigenvalue weighted by Crippen LogP contribution is -2.16. The first-order valence-corrected chi connectivity index (χ1v) is 9.12. The first kappa shape index (κ1) is 18.6. The van der Waals surface area contributed by atoms with Gasteiger partial charge in [0.1, 0.15) is 17.3 Å².